The van der Waals surface area contributed by atoms with Crippen molar-refractivity contribution in [3.8, 4) is 0 Å². The van der Waals surface area contributed by atoms with Gasteiger partial charge in [0.05, 0.1) is 0 Å². The molecule has 1 rings (SSSR count). The highest BCUT2D eigenvalue weighted by Crippen LogP contribution is 2.08. The van der Waals surface area contributed by atoms with Crippen LogP contribution in [0.3, 0.4) is 0 Å². The highest BCUT2D eigenvalue weighted by molar-refractivity contribution is 7.99. The van der Waals surface area contributed by atoms with Gasteiger partial charge in [0, 0.05) is 0 Å². The molecule has 0 spiro atoms. The Kier molecular flexibility index (Phi) is 4.15. The van der Waals surface area contributed by atoms with Gasteiger partial charge in [-0.3, -0.25) is 0 Å². The summed E-state index contributed by atoms with van der Waals surface area (Å²) < 4.78 is 12.7. The third kappa shape index (κ3) is 3.26. The average molecular weight is 184 g/mol. The molecule has 0 aliphatic carbocycles. The van der Waals surface area contributed by atoms with E-state index < -0.39 is 0 Å². The third-order valence-corrected chi connectivity index (χ3v) is 2.53. The Morgan fingerprint density at radius 2 is 2.25 bits per heavy atom. The Hall–Kier alpha value is -0.500. The molecule has 0 fully saturated rings. The lowest BCUT2D eigenvalue weighted by molar-refractivity contribution is 0.626. The van der Waals surface area contributed by atoms with E-state index in [-0.39, 0.29) is 5.82 Å². The summed E-state index contributed by atoms with van der Waals surface area (Å²) in [5.41, 5.74) is 1.09. The quantitative estimate of drug-likeness (QED) is 0.648. The Bertz CT molecular complexity index is 235. The molecule has 2 heteroatoms. The summed E-state index contributed by atoms with van der Waals surface area (Å²) >= 11 is 1.89. The van der Waals surface area contributed by atoms with Gasteiger partial charge in [-0.2, -0.15) is 11.8 Å². The molecule has 0 bridgehead atoms. The molecule has 0 saturated heterocycles. The summed E-state index contributed by atoms with van der Waals surface area (Å²) in [5.74, 6) is 2.09. The lowest BCUT2D eigenvalue weighted by Crippen LogP contribution is -1.89. The Balaban J connectivity index is 2.41. The molecule has 0 N–H and O–H groups in total. The first-order valence-corrected chi connectivity index (χ1v) is 5.30. The van der Waals surface area contributed by atoms with E-state index in [1.54, 1.807) is 12.1 Å². The first kappa shape index (κ1) is 9.59. The monoisotopic (exact) mass is 184 g/mol. The van der Waals surface area contributed by atoms with Gasteiger partial charge in [-0.05, 0) is 35.6 Å². The Labute approximate surface area is 77.2 Å². The van der Waals surface area contributed by atoms with E-state index in [1.165, 1.54) is 6.07 Å². The van der Waals surface area contributed by atoms with Crippen molar-refractivity contribution in [2.45, 2.75) is 13.3 Å². The molecule has 0 amide bonds. The SMILES string of the molecule is CCSCCc1cccc(F)c1. The lowest BCUT2D eigenvalue weighted by Gasteiger charge is -1.99. The van der Waals surface area contributed by atoms with Gasteiger partial charge in [-0.25, -0.2) is 4.39 Å². The van der Waals surface area contributed by atoms with Gasteiger partial charge >= 0.3 is 0 Å². The molecule has 0 unspecified atom stereocenters. The summed E-state index contributed by atoms with van der Waals surface area (Å²) in [7, 11) is 0. The maximum Gasteiger partial charge on any atom is 0.123 e. The van der Waals surface area contributed by atoms with Crippen LogP contribution >= 0.6 is 11.8 Å². The van der Waals surface area contributed by atoms with Gasteiger partial charge in [0.25, 0.3) is 0 Å². The van der Waals surface area contributed by atoms with Gasteiger partial charge in [-0.15, -0.1) is 0 Å². The van der Waals surface area contributed by atoms with Gasteiger partial charge in [-0.1, -0.05) is 19.1 Å². The van der Waals surface area contributed by atoms with Gasteiger partial charge in [0.15, 0.2) is 0 Å². The summed E-state index contributed by atoms with van der Waals surface area (Å²) in [6, 6.07) is 6.83. The zero-order chi connectivity index (χ0) is 8.81. The Morgan fingerprint density at radius 1 is 1.42 bits per heavy atom. The second-order valence-electron chi connectivity index (χ2n) is 2.58. The van der Waals surface area contributed by atoms with E-state index in [9.17, 15) is 4.39 Å². The van der Waals surface area contributed by atoms with Crippen LogP contribution in [0.4, 0.5) is 4.39 Å². The predicted molar refractivity (Wildman–Crippen MR) is 53.1 cm³/mol. The number of aryl methyl sites for hydroxylation is 1. The number of rotatable bonds is 4. The van der Waals surface area contributed by atoms with Crippen molar-refractivity contribution in [2.24, 2.45) is 0 Å². The molecule has 12 heavy (non-hydrogen) atoms. The largest absolute Gasteiger partial charge is 0.207 e. The van der Waals surface area contributed by atoms with Crippen molar-refractivity contribution in [1.82, 2.24) is 0 Å². The maximum atomic E-state index is 12.7. The maximum absolute atomic E-state index is 12.7. The van der Waals surface area contributed by atoms with E-state index >= 15 is 0 Å². The molecular weight excluding hydrogens is 171 g/mol. The van der Waals surface area contributed by atoms with Crippen LogP contribution in [0.5, 0.6) is 0 Å². The summed E-state index contributed by atoms with van der Waals surface area (Å²) in [6.07, 6.45) is 0.969. The van der Waals surface area contributed by atoms with E-state index in [0.29, 0.717) is 0 Å². The van der Waals surface area contributed by atoms with Crippen LogP contribution in [-0.2, 0) is 6.42 Å². The van der Waals surface area contributed by atoms with Crippen molar-refractivity contribution < 1.29 is 4.39 Å². The first-order valence-electron chi connectivity index (χ1n) is 4.15. The molecule has 0 aliphatic heterocycles. The molecule has 0 nitrogen and oxygen atoms in total. The van der Waals surface area contributed by atoms with Crippen molar-refractivity contribution in [1.29, 1.82) is 0 Å². The number of thioether (sulfide) groups is 1. The third-order valence-electron chi connectivity index (χ3n) is 1.63. The summed E-state index contributed by atoms with van der Waals surface area (Å²) in [5, 5.41) is 0. The predicted octanol–water partition coefficient (Wildman–Crippen LogP) is 3.12. The van der Waals surface area contributed by atoms with Crippen molar-refractivity contribution in [3.05, 3.63) is 35.6 Å². The zero-order valence-corrected chi connectivity index (χ0v) is 8.03. The molecule has 66 valence electrons. The molecular formula is C10H13FS. The first-order chi connectivity index (χ1) is 5.83. The molecule has 1 aromatic rings. The molecule has 0 aromatic heterocycles. The van der Waals surface area contributed by atoms with E-state index in [4.69, 9.17) is 0 Å². The van der Waals surface area contributed by atoms with E-state index in [1.807, 2.05) is 17.8 Å². The fourth-order valence-electron chi connectivity index (χ4n) is 1.03. The highest BCUT2D eigenvalue weighted by Gasteiger charge is 1.94. The Morgan fingerprint density at radius 3 is 2.92 bits per heavy atom. The van der Waals surface area contributed by atoms with Crippen LogP contribution in [-0.4, -0.2) is 11.5 Å². The molecule has 0 heterocycles. The van der Waals surface area contributed by atoms with Crippen molar-refractivity contribution >= 4 is 11.8 Å². The standard InChI is InChI=1S/C10H13FS/c1-2-12-7-6-9-4-3-5-10(11)8-9/h3-5,8H,2,6-7H2,1H3. The number of halogens is 1. The van der Waals surface area contributed by atoms with Crippen LogP contribution in [0.2, 0.25) is 0 Å². The number of benzene rings is 1. The fourth-order valence-corrected chi connectivity index (χ4v) is 1.70. The average Bonchev–Trinajstić information content (AvgIpc) is 2.05. The second kappa shape index (κ2) is 5.20. The van der Waals surface area contributed by atoms with Gasteiger partial charge < -0.3 is 0 Å². The van der Waals surface area contributed by atoms with Gasteiger partial charge in [0.2, 0.25) is 0 Å². The van der Waals surface area contributed by atoms with Crippen LogP contribution in [0, 0.1) is 5.82 Å². The molecule has 1 aromatic carbocycles. The molecule has 0 radical (unpaired) electrons. The normalized spacial score (nSPS) is 10.2. The van der Waals surface area contributed by atoms with E-state index in [2.05, 4.69) is 6.92 Å². The number of hydrogen-bond acceptors (Lipinski definition) is 1. The lowest BCUT2D eigenvalue weighted by atomic mass is 10.2. The van der Waals surface area contributed by atoms with Crippen molar-refractivity contribution in [2.75, 3.05) is 11.5 Å². The van der Waals surface area contributed by atoms with Crippen LogP contribution in [0.15, 0.2) is 24.3 Å². The smallest absolute Gasteiger partial charge is 0.123 e. The minimum atomic E-state index is -0.131. The summed E-state index contributed by atoms with van der Waals surface area (Å²) in [4.78, 5) is 0. The van der Waals surface area contributed by atoms with Crippen LogP contribution in [0.25, 0.3) is 0 Å². The molecule has 0 atom stereocenters. The van der Waals surface area contributed by atoms with Gasteiger partial charge in [0.1, 0.15) is 5.82 Å². The minimum Gasteiger partial charge on any atom is -0.207 e. The minimum absolute atomic E-state index is 0.131. The van der Waals surface area contributed by atoms with Crippen LogP contribution < -0.4 is 0 Å². The topological polar surface area (TPSA) is 0 Å². The number of hydrogen-bond donors (Lipinski definition) is 0. The van der Waals surface area contributed by atoms with E-state index in [0.717, 1.165) is 23.5 Å². The second-order valence-corrected chi connectivity index (χ2v) is 3.97. The molecule has 0 aliphatic rings. The fraction of sp³-hybridized carbons (Fsp3) is 0.400. The van der Waals surface area contributed by atoms with Crippen molar-refractivity contribution in [3.63, 3.8) is 0 Å². The van der Waals surface area contributed by atoms with Crippen LogP contribution in [0.1, 0.15) is 12.5 Å². The molecule has 0 saturated carbocycles. The highest BCUT2D eigenvalue weighted by atomic mass is 32.2. The zero-order valence-electron chi connectivity index (χ0n) is 7.22. The summed E-state index contributed by atoms with van der Waals surface area (Å²) in [6.45, 7) is 2.14.